The molecule has 2 amide bonds. The molecule has 0 aliphatic carbocycles. The van der Waals surface area contributed by atoms with E-state index in [0.717, 1.165) is 36.8 Å². The number of piperazine rings is 1. The predicted molar refractivity (Wildman–Crippen MR) is 121 cm³/mol. The number of nitrogens with one attached hydrogen (secondary N) is 2. The Balaban J connectivity index is 1.54. The van der Waals surface area contributed by atoms with Crippen molar-refractivity contribution in [2.24, 2.45) is 0 Å². The van der Waals surface area contributed by atoms with E-state index in [2.05, 4.69) is 48.1 Å². The molecule has 1 fully saturated rings. The van der Waals surface area contributed by atoms with Crippen LogP contribution in [0.5, 0.6) is 0 Å². The lowest BCUT2D eigenvalue weighted by atomic mass is 9.97. The van der Waals surface area contributed by atoms with Gasteiger partial charge in [0, 0.05) is 12.8 Å². The van der Waals surface area contributed by atoms with Crippen LogP contribution < -0.4 is 10.6 Å². The quantitative estimate of drug-likeness (QED) is 0.596. The van der Waals surface area contributed by atoms with Crippen LogP contribution in [0.4, 0.5) is 0 Å². The first-order valence-corrected chi connectivity index (χ1v) is 10.6. The second-order valence-corrected chi connectivity index (χ2v) is 7.82. The molecule has 0 saturated carbocycles. The Morgan fingerprint density at radius 2 is 0.967 bits per heavy atom. The van der Waals surface area contributed by atoms with Gasteiger partial charge < -0.3 is 10.6 Å². The highest BCUT2D eigenvalue weighted by atomic mass is 16.2. The van der Waals surface area contributed by atoms with Crippen molar-refractivity contribution in [3.05, 3.63) is 96.1 Å². The number of amides is 2. The summed E-state index contributed by atoms with van der Waals surface area (Å²) in [7, 11) is 0. The summed E-state index contributed by atoms with van der Waals surface area (Å²) in [4.78, 5) is 25.2. The third-order valence-electron chi connectivity index (χ3n) is 5.47. The predicted octanol–water partition coefficient (Wildman–Crippen LogP) is 3.69. The molecule has 156 valence electrons. The summed E-state index contributed by atoms with van der Waals surface area (Å²) >= 11 is 0. The fourth-order valence-corrected chi connectivity index (χ4v) is 3.66. The standard InChI is InChI=1S/C26H30N2O2/c1-3-5-7-19-9-13-21(14-10-19)17-23-25(29)28-24(26(30)27-23)18-22-15-11-20(12-16-22)8-6-4-2/h3-4,9-16,23-24H,1-2,5-8,17-18H2,(H,27,30)(H,28,29). The largest absolute Gasteiger partial charge is 0.342 e. The van der Waals surface area contributed by atoms with Gasteiger partial charge in [-0.25, -0.2) is 0 Å². The van der Waals surface area contributed by atoms with E-state index in [0.29, 0.717) is 12.8 Å². The third kappa shape index (κ3) is 5.93. The second-order valence-electron chi connectivity index (χ2n) is 7.82. The molecule has 0 spiro atoms. The first-order chi connectivity index (χ1) is 14.6. The molecule has 0 bridgehead atoms. The fourth-order valence-electron chi connectivity index (χ4n) is 3.66. The molecule has 1 saturated heterocycles. The van der Waals surface area contributed by atoms with Crippen LogP contribution in [0.15, 0.2) is 73.8 Å². The van der Waals surface area contributed by atoms with Gasteiger partial charge in [0.05, 0.1) is 0 Å². The zero-order chi connectivity index (χ0) is 21.3. The maximum atomic E-state index is 12.6. The summed E-state index contributed by atoms with van der Waals surface area (Å²) in [5, 5.41) is 5.80. The number of benzene rings is 2. The van der Waals surface area contributed by atoms with Crippen LogP contribution in [0.3, 0.4) is 0 Å². The first-order valence-electron chi connectivity index (χ1n) is 10.6. The van der Waals surface area contributed by atoms with Gasteiger partial charge in [-0.2, -0.15) is 0 Å². The van der Waals surface area contributed by atoms with Gasteiger partial charge in [-0.05, 0) is 47.9 Å². The second kappa shape index (κ2) is 10.6. The van der Waals surface area contributed by atoms with Crippen molar-refractivity contribution in [1.29, 1.82) is 0 Å². The van der Waals surface area contributed by atoms with Crippen LogP contribution in [0, 0.1) is 0 Å². The van der Waals surface area contributed by atoms with Gasteiger partial charge in [0.25, 0.3) is 0 Å². The molecule has 2 unspecified atom stereocenters. The molecule has 2 atom stereocenters. The van der Waals surface area contributed by atoms with Crippen LogP contribution in [-0.4, -0.2) is 23.9 Å². The van der Waals surface area contributed by atoms with E-state index in [9.17, 15) is 9.59 Å². The lowest BCUT2D eigenvalue weighted by Gasteiger charge is -2.30. The number of rotatable bonds is 10. The molecule has 2 aromatic rings. The maximum Gasteiger partial charge on any atom is 0.243 e. The molecule has 3 rings (SSSR count). The van der Waals surface area contributed by atoms with Crippen LogP contribution in [0.2, 0.25) is 0 Å². The minimum atomic E-state index is -0.533. The Kier molecular flexibility index (Phi) is 7.61. The van der Waals surface area contributed by atoms with Crippen LogP contribution in [0.25, 0.3) is 0 Å². The minimum Gasteiger partial charge on any atom is -0.342 e. The summed E-state index contributed by atoms with van der Waals surface area (Å²) < 4.78 is 0. The van der Waals surface area contributed by atoms with Gasteiger partial charge in [-0.15, -0.1) is 13.2 Å². The van der Waals surface area contributed by atoms with E-state index in [1.54, 1.807) is 0 Å². The molecule has 30 heavy (non-hydrogen) atoms. The van der Waals surface area contributed by atoms with Gasteiger partial charge in [-0.3, -0.25) is 9.59 Å². The average Bonchev–Trinajstić information content (AvgIpc) is 2.76. The van der Waals surface area contributed by atoms with E-state index in [1.165, 1.54) is 11.1 Å². The highest BCUT2D eigenvalue weighted by Crippen LogP contribution is 2.14. The van der Waals surface area contributed by atoms with E-state index < -0.39 is 12.1 Å². The van der Waals surface area contributed by atoms with Crippen molar-refractivity contribution in [1.82, 2.24) is 10.6 Å². The van der Waals surface area contributed by atoms with Crippen LogP contribution >= 0.6 is 0 Å². The average molecular weight is 403 g/mol. The number of carbonyl (C=O) groups excluding carboxylic acids is 2. The molecule has 0 aromatic heterocycles. The smallest absolute Gasteiger partial charge is 0.243 e. The molecule has 4 nitrogen and oxygen atoms in total. The number of hydrogen-bond acceptors (Lipinski definition) is 2. The van der Waals surface area contributed by atoms with E-state index in [1.807, 2.05) is 36.4 Å². The molecule has 1 aliphatic rings. The zero-order valence-corrected chi connectivity index (χ0v) is 17.4. The Morgan fingerprint density at radius 1 is 0.633 bits per heavy atom. The van der Waals surface area contributed by atoms with Gasteiger partial charge in [0.2, 0.25) is 11.8 Å². The van der Waals surface area contributed by atoms with Crippen molar-refractivity contribution in [3.8, 4) is 0 Å². The Morgan fingerprint density at radius 3 is 1.30 bits per heavy atom. The molecule has 1 heterocycles. The van der Waals surface area contributed by atoms with Crippen molar-refractivity contribution in [3.63, 3.8) is 0 Å². The van der Waals surface area contributed by atoms with E-state index >= 15 is 0 Å². The summed E-state index contributed by atoms with van der Waals surface area (Å²) in [5.74, 6) is -0.254. The molecule has 2 aromatic carbocycles. The van der Waals surface area contributed by atoms with Crippen molar-refractivity contribution in [2.75, 3.05) is 0 Å². The molecule has 0 radical (unpaired) electrons. The molecular formula is C26H30N2O2. The van der Waals surface area contributed by atoms with Gasteiger partial charge in [0.15, 0.2) is 0 Å². The lowest BCUT2D eigenvalue weighted by molar-refractivity contribution is -0.136. The normalized spacial score (nSPS) is 18.4. The zero-order valence-electron chi connectivity index (χ0n) is 17.4. The number of carbonyl (C=O) groups is 2. The minimum absolute atomic E-state index is 0.127. The molecule has 2 N–H and O–H groups in total. The molecule has 4 heteroatoms. The monoisotopic (exact) mass is 402 g/mol. The van der Waals surface area contributed by atoms with E-state index in [4.69, 9.17) is 0 Å². The SMILES string of the molecule is C=CCCc1ccc(CC2NC(=O)C(Cc3ccc(CCC=C)cc3)NC2=O)cc1. The van der Waals surface area contributed by atoms with Crippen molar-refractivity contribution < 1.29 is 9.59 Å². The molecular weight excluding hydrogens is 372 g/mol. The number of allylic oxidation sites excluding steroid dienone is 2. The highest BCUT2D eigenvalue weighted by Gasteiger charge is 2.33. The van der Waals surface area contributed by atoms with Crippen molar-refractivity contribution >= 4 is 11.8 Å². The number of hydrogen-bond donors (Lipinski definition) is 2. The van der Waals surface area contributed by atoms with Gasteiger partial charge in [0.1, 0.15) is 12.1 Å². The summed E-state index contributed by atoms with van der Waals surface area (Å²) in [6.07, 6.45) is 8.60. The fraction of sp³-hybridized carbons (Fsp3) is 0.308. The van der Waals surface area contributed by atoms with Crippen LogP contribution in [-0.2, 0) is 35.3 Å². The Hall–Kier alpha value is -3.14. The first kappa shape index (κ1) is 21.6. The Bertz CT molecular complexity index is 809. The van der Waals surface area contributed by atoms with E-state index in [-0.39, 0.29) is 11.8 Å². The third-order valence-corrected chi connectivity index (χ3v) is 5.47. The lowest BCUT2D eigenvalue weighted by Crippen LogP contribution is -2.62. The van der Waals surface area contributed by atoms with Crippen LogP contribution in [0.1, 0.15) is 35.1 Å². The maximum absolute atomic E-state index is 12.6. The van der Waals surface area contributed by atoms with Crippen molar-refractivity contribution in [2.45, 2.75) is 50.6 Å². The Labute approximate surface area is 179 Å². The summed E-state index contributed by atoms with van der Waals surface area (Å²) in [5.41, 5.74) is 4.55. The molecule has 1 aliphatic heterocycles. The summed E-state index contributed by atoms with van der Waals surface area (Å²) in [6, 6.07) is 15.3. The summed E-state index contributed by atoms with van der Waals surface area (Å²) in [6.45, 7) is 7.49. The topological polar surface area (TPSA) is 58.2 Å². The van der Waals surface area contributed by atoms with Gasteiger partial charge in [-0.1, -0.05) is 60.7 Å². The highest BCUT2D eigenvalue weighted by molar-refractivity contribution is 5.97. The van der Waals surface area contributed by atoms with Gasteiger partial charge >= 0.3 is 0 Å². The number of aryl methyl sites for hydroxylation is 2.